The van der Waals surface area contributed by atoms with Gasteiger partial charge >= 0.3 is 0 Å². The Morgan fingerprint density at radius 2 is 1.50 bits per heavy atom. The Morgan fingerprint density at radius 3 is 2.10 bits per heavy atom. The van der Waals surface area contributed by atoms with Crippen molar-refractivity contribution in [3.63, 3.8) is 0 Å². The lowest BCUT2D eigenvalue weighted by Crippen LogP contribution is -2.23. The van der Waals surface area contributed by atoms with Crippen molar-refractivity contribution in [3.8, 4) is 11.1 Å². The average Bonchev–Trinajstić information content (AvgIpc) is 2.44. The molecule has 1 N–H and O–H groups in total. The minimum atomic E-state index is 0.518. The van der Waals surface area contributed by atoms with Gasteiger partial charge in [0, 0.05) is 6.04 Å². The summed E-state index contributed by atoms with van der Waals surface area (Å²) in [4.78, 5) is 0. The first-order valence-corrected chi connectivity index (χ1v) is 7.35. The molecule has 1 nitrogen and oxygen atoms in total. The molecule has 0 aliphatic carbocycles. The van der Waals surface area contributed by atoms with Gasteiger partial charge in [-0.3, -0.25) is 0 Å². The SMILES string of the molecule is CNC(C)Cc1ccc(-c2cc(C)c(C)cc2C)cc1. The Labute approximate surface area is 123 Å². The fourth-order valence-corrected chi connectivity index (χ4v) is 2.55. The van der Waals surface area contributed by atoms with Crippen molar-refractivity contribution >= 4 is 0 Å². The average molecular weight is 267 g/mol. The monoisotopic (exact) mass is 267 g/mol. The van der Waals surface area contributed by atoms with Crippen LogP contribution in [0.1, 0.15) is 29.2 Å². The molecule has 1 atom stereocenters. The molecule has 0 saturated carbocycles. The van der Waals surface area contributed by atoms with E-state index in [0.717, 1.165) is 6.42 Å². The molecule has 20 heavy (non-hydrogen) atoms. The molecule has 1 unspecified atom stereocenters. The lowest BCUT2D eigenvalue weighted by Gasteiger charge is -2.12. The fraction of sp³-hybridized carbons (Fsp3) is 0.368. The predicted octanol–water partition coefficient (Wildman–Crippen LogP) is 4.43. The van der Waals surface area contributed by atoms with Gasteiger partial charge in [0.25, 0.3) is 0 Å². The molecule has 0 fully saturated rings. The van der Waals surface area contributed by atoms with E-state index in [2.05, 4.69) is 69.4 Å². The summed E-state index contributed by atoms with van der Waals surface area (Å²) in [5.74, 6) is 0. The molecule has 2 aromatic carbocycles. The van der Waals surface area contributed by atoms with E-state index in [0.29, 0.717) is 6.04 Å². The van der Waals surface area contributed by atoms with Gasteiger partial charge in [-0.1, -0.05) is 36.4 Å². The molecule has 0 heterocycles. The number of nitrogens with one attached hydrogen (secondary N) is 1. The molecule has 0 spiro atoms. The van der Waals surface area contributed by atoms with Crippen LogP contribution in [-0.4, -0.2) is 13.1 Å². The molecule has 0 amide bonds. The summed E-state index contributed by atoms with van der Waals surface area (Å²) in [5, 5.41) is 3.28. The molecule has 0 saturated heterocycles. The van der Waals surface area contributed by atoms with Gasteiger partial charge in [0.05, 0.1) is 0 Å². The van der Waals surface area contributed by atoms with Crippen molar-refractivity contribution < 1.29 is 0 Å². The van der Waals surface area contributed by atoms with Crippen molar-refractivity contribution in [1.29, 1.82) is 0 Å². The standard InChI is InChI=1S/C19H25N/c1-13-10-15(3)19(11-14(13)2)18-8-6-17(7-9-18)12-16(4)20-5/h6-11,16,20H,12H2,1-5H3. The minimum absolute atomic E-state index is 0.518. The summed E-state index contributed by atoms with van der Waals surface area (Å²) >= 11 is 0. The van der Waals surface area contributed by atoms with Gasteiger partial charge in [0.2, 0.25) is 0 Å². The summed E-state index contributed by atoms with van der Waals surface area (Å²) in [5.41, 5.74) is 8.12. The number of rotatable bonds is 4. The van der Waals surface area contributed by atoms with Crippen LogP contribution in [-0.2, 0) is 6.42 Å². The largest absolute Gasteiger partial charge is 0.317 e. The topological polar surface area (TPSA) is 12.0 Å². The van der Waals surface area contributed by atoms with E-state index in [9.17, 15) is 0 Å². The summed E-state index contributed by atoms with van der Waals surface area (Å²) in [7, 11) is 2.01. The maximum atomic E-state index is 3.28. The second-order valence-electron chi connectivity index (χ2n) is 5.84. The van der Waals surface area contributed by atoms with E-state index >= 15 is 0 Å². The zero-order valence-electron chi connectivity index (χ0n) is 13.2. The molecule has 0 aromatic heterocycles. The first-order valence-electron chi connectivity index (χ1n) is 7.35. The van der Waals surface area contributed by atoms with Crippen LogP contribution in [0.3, 0.4) is 0 Å². The third-order valence-corrected chi connectivity index (χ3v) is 4.14. The van der Waals surface area contributed by atoms with Crippen molar-refractivity contribution in [2.24, 2.45) is 0 Å². The molecule has 0 radical (unpaired) electrons. The smallest absolute Gasteiger partial charge is 0.00761 e. The molecule has 1 heteroatoms. The van der Waals surface area contributed by atoms with Gasteiger partial charge < -0.3 is 5.32 Å². The third-order valence-electron chi connectivity index (χ3n) is 4.14. The van der Waals surface area contributed by atoms with Crippen LogP contribution in [0.15, 0.2) is 36.4 Å². The zero-order valence-corrected chi connectivity index (χ0v) is 13.2. The second kappa shape index (κ2) is 6.23. The Balaban J connectivity index is 2.28. The van der Waals surface area contributed by atoms with Crippen LogP contribution in [0, 0.1) is 20.8 Å². The van der Waals surface area contributed by atoms with E-state index in [-0.39, 0.29) is 0 Å². The minimum Gasteiger partial charge on any atom is -0.317 e. The number of hydrogen-bond donors (Lipinski definition) is 1. The van der Waals surface area contributed by atoms with E-state index in [1.54, 1.807) is 0 Å². The van der Waals surface area contributed by atoms with Gasteiger partial charge in [-0.05, 0) is 74.5 Å². The van der Waals surface area contributed by atoms with Crippen LogP contribution in [0.2, 0.25) is 0 Å². The molecular weight excluding hydrogens is 242 g/mol. The van der Waals surface area contributed by atoms with Crippen LogP contribution in [0.25, 0.3) is 11.1 Å². The molecule has 2 rings (SSSR count). The lowest BCUT2D eigenvalue weighted by molar-refractivity contribution is 0.608. The highest BCUT2D eigenvalue weighted by Gasteiger charge is 2.06. The van der Waals surface area contributed by atoms with Crippen molar-refractivity contribution in [3.05, 3.63) is 58.7 Å². The van der Waals surface area contributed by atoms with Crippen molar-refractivity contribution in [2.75, 3.05) is 7.05 Å². The normalized spacial score (nSPS) is 12.4. The van der Waals surface area contributed by atoms with E-state index in [1.807, 2.05) is 7.05 Å². The molecule has 106 valence electrons. The number of benzene rings is 2. The predicted molar refractivity (Wildman–Crippen MR) is 88.3 cm³/mol. The van der Waals surface area contributed by atoms with E-state index < -0.39 is 0 Å². The van der Waals surface area contributed by atoms with Crippen LogP contribution in [0.4, 0.5) is 0 Å². The molecule has 0 aliphatic rings. The summed E-state index contributed by atoms with van der Waals surface area (Å²) in [6, 6.07) is 14.1. The lowest BCUT2D eigenvalue weighted by atomic mass is 9.94. The highest BCUT2D eigenvalue weighted by Crippen LogP contribution is 2.26. The Bertz CT molecular complexity index is 581. The van der Waals surface area contributed by atoms with Gasteiger partial charge in [0.15, 0.2) is 0 Å². The Morgan fingerprint density at radius 1 is 0.900 bits per heavy atom. The van der Waals surface area contributed by atoms with E-state index in [4.69, 9.17) is 0 Å². The van der Waals surface area contributed by atoms with Crippen LogP contribution < -0.4 is 5.32 Å². The Kier molecular flexibility index (Phi) is 4.61. The van der Waals surface area contributed by atoms with Gasteiger partial charge in [0.1, 0.15) is 0 Å². The maximum Gasteiger partial charge on any atom is 0.00761 e. The summed E-state index contributed by atoms with van der Waals surface area (Å²) in [6.45, 7) is 8.76. The first kappa shape index (κ1) is 14.8. The molecule has 2 aromatic rings. The summed E-state index contributed by atoms with van der Waals surface area (Å²) < 4.78 is 0. The van der Waals surface area contributed by atoms with Gasteiger partial charge in [-0.25, -0.2) is 0 Å². The maximum absolute atomic E-state index is 3.28. The van der Waals surface area contributed by atoms with Crippen molar-refractivity contribution in [2.45, 2.75) is 40.2 Å². The van der Waals surface area contributed by atoms with Gasteiger partial charge in [-0.2, -0.15) is 0 Å². The van der Waals surface area contributed by atoms with E-state index in [1.165, 1.54) is 33.4 Å². The zero-order chi connectivity index (χ0) is 14.7. The van der Waals surface area contributed by atoms with Crippen LogP contribution >= 0.6 is 0 Å². The van der Waals surface area contributed by atoms with Crippen LogP contribution in [0.5, 0.6) is 0 Å². The molecular formula is C19H25N. The quantitative estimate of drug-likeness (QED) is 0.864. The number of likely N-dealkylation sites (N-methyl/N-ethyl adjacent to an activating group) is 1. The number of hydrogen-bond acceptors (Lipinski definition) is 1. The van der Waals surface area contributed by atoms with Crippen molar-refractivity contribution in [1.82, 2.24) is 5.32 Å². The number of aryl methyl sites for hydroxylation is 3. The Hall–Kier alpha value is -1.60. The molecule has 0 bridgehead atoms. The molecule has 0 aliphatic heterocycles. The first-order chi connectivity index (χ1) is 9.51. The van der Waals surface area contributed by atoms with Gasteiger partial charge in [-0.15, -0.1) is 0 Å². The second-order valence-corrected chi connectivity index (χ2v) is 5.84. The third kappa shape index (κ3) is 3.29. The highest BCUT2D eigenvalue weighted by atomic mass is 14.8. The summed E-state index contributed by atoms with van der Waals surface area (Å²) in [6.07, 6.45) is 1.07. The highest BCUT2D eigenvalue weighted by molar-refractivity contribution is 5.69. The fourth-order valence-electron chi connectivity index (χ4n) is 2.55.